The second-order valence-electron chi connectivity index (χ2n) is 5.44. The van der Waals surface area contributed by atoms with Crippen LogP contribution in [0.5, 0.6) is 0 Å². The molecular weight excluding hydrogens is 377 g/mol. The second kappa shape index (κ2) is 5.56. The third kappa shape index (κ3) is 2.53. The molecule has 3 rings (SSSR count). The van der Waals surface area contributed by atoms with Gasteiger partial charge in [-0.3, -0.25) is 13.9 Å². The summed E-state index contributed by atoms with van der Waals surface area (Å²) in [7, 11) is -2.30. The van der Waals surface area contributed by atoms with Gasteiger partial charge >= 0.3 is 11.9 Å². The molecule has 12 heteroatoms. The summed E-state index contributed by atoms with van der Waals surface area (Å²) in [4.78, 5) is 23.0. The Morgan fingerprint density at radius 2 is 1.65 bits per heavy atom. The molecule has 0 atom stereocenters. The van der Waals surface area contributed by atoms with Crippen LogP contribution in [0.1, 0.15) is 5.56 Å². The predicted octanol–water partition coefficient (Wildman–Crippen LogP) is 0.689. The Bertz CT molecular complexity index is 1250. The summed E-state index contributed by atoms with van der Waals surface area (Å²) in [6.45, 7) is 0. The van der Waals surface area contributed by atoms with E-state index in [1.165, 1.54) is 14.1 Å². The highest BCUT2D eigenvalue weighted by atomic mass is 32.2. The zero-order chi connectivity index (χ0) is 19.4. The van der Waals surface area contributed by atoms with E-state index in [-0.39, 0.29) is 15.1 Å². The van der Waals surface area contributed by atoms with Crippen molar-refractivity contribution in [2.75, 3.05) is 0 Å². The monoisotopic (exact) mass is 388 g/mol. The molecule has 0 aliphatic rings. The lowest BCUT2D eigenvalue weighted by Gasteiger charge is -2.12. The molecule has 2 aromatic heterocycles. The molecule has 0 aliphatic carbocycles. The van der Waals surface area contributed by atoms with E-state index in [0.29, 0.717) is 6.07 Å². The minimum atomic E-state index is -4.90. The Morgan fingerprint density at radius 1 is 1.04 bits per heavy atom. The van der Waals surface area contributed by atoms with Crippen LogP contribution in [0, 0.1) is 0 Å². The van der Waals surface area contributed by atoms with Gasteiger partial charge in [-0.25, -0.2) is 4.79 Å². The maximum Gasteiger partial charge on any atom is 0.417 e. The number of nitrogens with zero attached hydrogens (tertiary/aromatic N) is 4. The van der Waals surface area contributed by atoms with Gasteiger partial charge in [0.15, 0.2) is 5.65 Å². The van der Waals surface area contributed by atoms with Crippen LogP contribution < -0.4 is 11.2 Å². The van der Waals surface area contributed by atoms with Gasteiger partial charge in [-0.05, 0) is 12.1 Å². The number of benzene rings is 1. The summed E-state index contributed by atoms with van der Waals surface area (Å²) >= 11 is 0. The van der Waals surface area contributed by atoms with Crippen LogP contribution in [-0.2, 0) is 30.3 Å². The zero-order valence-electron chi connectivity index (χ0n) is 13.4. The molecule has 0 unspecified atom stereocenters. The van der Waals surface area contributed by atoms with E-state index in [1.807, 2.05) is 0 Å². The van der Waals surface area contributed by atoms with Gasteiger partial charge in [0.1, 0.15) is 10.3 Å². The van der Waals surface area contributed by atoms with Crippen molar-refractivity contribution >= 4 is 21.1 Å². The van der Waals surface area contributed by atoms with E-state index in [1.54, 1.807) is 0 Å². The Labute approximate surface area is 143 Å². The lowest BCUT2D eigenvalue weighted by atomic mass is 10.2. The van der Waals surface area contributed by atoms with Crippen molar-refractivity contribution in [2.45, 2.75) is 11.1 Å². The van der Waals surface area contributed by atoms with Crippen molar-refractivity contribution in [2.24, 2.45) is 14.1 Å². The molecule has 0 N–H and O–H groups in total. The van der Waals surface area contributed by atoms with Gasteiger partial charge in [0.2, 0.25) is 0 Å². The highest BCUT2D eigenvalue weighted by Gasteiger charge is 2.38. The van der Waals surface area contributed by atoms with Crippen LogP contribution in [0.4, 0.5) is 13.2 Å². The summed E-state index contributed by atoms with van der Waals surface area (Å²) < 4.78 is 66.7. The molecule has 0 saturated carbocycles. The highest BCUT2D eigenvalue weighted by Crippen LogP contribution is 2.34. The first-order valence-electron chi connectivity index (χ1n) is 7.03. The average Bonchev–Trinajstić information content (AvgIpc) is 3.04. The quantitative estimate of drug-likeness (QED) is 0.644. The molecule has 26 heavy (non-hydrogen) atoms. The maximum atomic E-state index is 13.1. The van der Waals surface area contributed by atoms with Crippen molar-refractivity contribution in [3.63, 3.8) is 0 Å². The Hall–Kier alpha value is -2.89. The van der Waals surface area contributed by atoms with E-state index in [0.717, 1.165) is 33.5 Å². The van der Waals surface area contributed by atoms with Crippen LogP contribution >= 0.6 is 0 Å². The lowest BCUT2D eigenvalue weighted by molar-refractivity contribution is -0.139. The number of rotatable bonds is 2. The molecule has 3 aromatic rings. The zero-order valence-corrected chi connectivity index (χ0v) is 14.2. The summed E-state index contributed by atoms with van der Waals surface area (Å²) in [5.41, 5.74) is -3.18. The molecule has 0 aliphatic heterocycles. The molecule has 0 radical (unpaired) electrons. The molecule has 0 spiro atoms. The normalized spacial score (nSPS) is 12.7. The van der Waals surface area contributed by atoms with E-state index in [9.17, 15) is 31.2 Å². The van der Waals surface area contributed by atoms with Gasteiger partial charge in [0.05, 0.1) is 11.8 Å². The molecule has 0 amide bonds. The third-order valence-corrected chi connectivity index (χ3v) is 5.41. The number of aryl methyl sites for hydroxylation is 1. The third-order valence-electron chi connectivity index (χ3n) is 3.82. The van der Waals surface area contributed by atoms with Crippen LogP contribution in [-0.4, -0.2) is 26.7 Å². The van der Waals surface area contributed by atoms with Crippen LogP contribution in [0.15, 0.2) is 44.9 Å². The minimum Gasteiger partial charge on any atom is -0.279 e. The molecule has 1 aromatic carbocycles. The second-order valence-corrected chi connectivity index (χ2v) is 7.21. The van der Waals surface area contributed by atoms with Crippen molar-refractivity contribution < 1.29 is 21.6 Å². The van der Waals surface area contributed by atoms with Gasteiger partial charge < -0.3 is 0 Å². The van der Waals surface area contributed by atoms with Gasteiger partial charge in [-0.15, -0.1) is 5.10 Å². The molecule has 0 fully saturated rings. The molecule has 0 saturated heterocycles. The van der Waals surface area contributed by atoms with Gasteiger partial charge in [0, 0.05) is 14.1 Å². The summed E-state index contributed by atoms with van der Waals surface area (Å²) in [6, 6.07) is 3.62. The average molecular weight is 388 g/mol. The first kappa shape index (κ1) is 17.9. The summed E-state index contributed by atoms with van der Waals surface area (Å²) in [5.74, 6) is 0. The van der Waals surface area contributed by atoms with Crippen LogP contribution in [0.2, 0.25) is 0 Å². The van der Waals surface area contributed by atoms with E-state index < -0.39 is 37.9 Å². The van der Waals surface area contributed by atoms with Crippen LogP contribution in [0.3, 0.4) is 0 Å². The SMILES string of the molecule is Cn1c(=O)c2cn(S(=O)(=O)c3ccccc3C(F)(F)F)nc2n(C)c1=O. The summed E-state index contributed by atoms with van der Waals surface area (Å²) in [6.07, 6.45) is -4.11. The van der Waals surface area contributed by atoms with E-state index in [2.05, 4.69) is 5.10 Å². The fraction of sp³-hybridized carbons (Fsp3) is 0.214. The van der Waals surface area contributed by atoms with Gasteiger partial charge in [-0.1, -0.05) is 12.1 Å². The van der Waals surface area contributed by atoms with Crippen molar-refractivity contribution in [3.05, 3.63) is 56.9 Å². The van der Waals surface area contributed by atoms with E-state index in [4.69, 9.17) is 0 Å². The minimum absolute atomic E-state index is 0.220. The topological polar surface area (TPSA) is 96.0 Å². The van der Waals surface area contributed by atoms with E-state index >= 15 is 0 Å². The molecular formula is C14H11F3N4O4S. The molecule has 8 nitrogen and oxygen atoms in total. The van der Waals surface area contributed by atoms with Gasteiger partial charge in [0.25, 0.3) is 15.6 Å². The molecule has 2 heterocycles. The number of alkyl halides is 3. The first-order chi connectivity index (χ1) is 12.0. The standard InChI is InChI=1S/C14H11F3N4O4S/c1-19-11-8(12(22)20(2)13(19)23)7-21(18-11)26(24,25)10-6-4-3-5-9(10)14(15,16)17/h3-7H,1-2H3. The number of aromatic nitrogens is 4. The first-order valence-corrected chi connectivity index (χ1v) is 8.47. The molecule has 0 bridgehead atoms. The summed E-state index contributed by atoms with van der Waals surface area (Å²) in [5, 5.41) is 3.44. The maximum absolute atomic E-state index is 13.1. The number of hydrogen-bond donors (Lipinski definition) is 0. The fourth-order valence-electron chi connectivity index (χ4n) is 2.48. The number of fused-ring (bicyclic) bond motifs is 1. The van der Waals surface area contributed by atoms with Crippen molar-refractivity contribution in [1.29, 1.82) is 0 Å². The van der Waals surface area contributed by atoms with Crippen LogP contribution in [0.25, 0.3) is 11.0 Å². The molecule has 138 valence electrons. The lowest BCUT2D eigenvalue weighted by Crippen LogP contribution is -2.36. The number of hydrogen-bond acceptors (Lipinski definition) is 5. The number of halogens is 3. The Kier molecular flexibility index (Phi) is 3.83. The largest absolute Gasteiger partial charge is 0.417 e. The van der Waals surface area contributed by atoms with Crippen molar-refractivity contribution in [3.8, 4) is 0 Å². The Morgan fingerprint density at radius 3 is 2.27 bits per heavy atom. The fourth-order valence-corrected chi connectivity index (χ4v) is 3.82. The predicted molar refractivity (Wildman–Crippen MR) is 84.2 cm³/mol. The van der Waals surface area contributed by atoms with Gasteiger partial charge in [-0.2, -0.15) is 25.7 Å². The van der Waals surface area contributed by atoms with Crippen molar-refractivity contribution in [1.82, 2.24) is 18.3 Å². The Balaban J connectivity index is 2.35. The smallest absolute Gasteiger partial charge is 0.279 e. The highest BCUT2D eigenvalue weighted by molar-refractivity contribution is 7.89.